The Kier molecular flexibility index (Phi) is 4.83. The second-order valence-corrected chi connectivity index (χ2v) is 7.45. The number of quaternary nitrogens is 1. The number of nitrogens with one attached hydrogen (secondary N) is 1. The number of ether oxygens (including phenoxy) is 1. The van der Waals surface area contributed by atoms with Crippen molar-refractivity contribution in [3.8, 4) is 5.75 Å². The van der Waals surface area contributed by atoms with E-state index in [9.17, 15) is 9.32 Å². The average molecular weight is 298 g/mol. The molecule has 1 aliphatic heterocycles. The summed E-state index contributed by atoms with van der Waals surface area (Å²) in [6.07, 6.45) is 0.546. The maximum atomic E-state index is 11.9. The van der Waals surface area contributed by atoms with Crippen LogP contribution in [-0.2, 0) is 16.4 Å². The molecule has 112 valence electrons. The van der Waals surface area contributed by atoms with Gasteiger partial charge in [0.25, 0.3) is 0 Å². The van der Waals surface area contributed by atoms with Crippen LogP contribution in [0, 0.1) is 5.92 Å². The van der Waals surface area contributed by atoms with Gasteiger partial charge in [-0.2, -0.15) is 0 Å². The summed E-state index contributed by atoms with van der Waals surface area (Å²) in [5.41, 5.74) is -0.0282. The third-order valence-corrected chi connectivity index (χ3v) is 5.43. The van der Waals surface area contributed by atoms with Crippen molar-refractivity contribution in [2.24, 2.45) is 5.92 Å². The van der Waals surface area contributed by atoms with E-state index in [2.05, 4.69) is 14.1 Å². The van der Waals surface area contributed by atoms with Crippen LogP contribution in [0.25, 0.3) is 0 Å². The number of hydrogen-bond donors (Lipinski definition) is 2. The number of rotatable bonds is 4. The molecule has 20 heavy (non-hydrogen) atoms. The first-order chi connectivity index (χ1) is 9.45. The van der Waals surface area contributed by atoms with Crippen molar-refractivity contribution in [3.05, 3.63) is 29.8 Å². The largest absolute Gasteiger partial charge is 0.497 e. The molecular weight excluding hydrogens is 274 g/mol. The highest BCUT2D eigenvalue weighted by molar-refractivity contribution is 7.85. The monoisotopic (exact) mass is 298 g/mol. The Labute approximate surface area is 123 Å². The van der Waals surface area contributed by atoms with Gasteiger partial charge in [-0.3, -0.25) is 4.21 Å². The van der Waals surface area contributed by atoms with Crippen LogP contribution >= 0.6 is 0 Å². The highest BCUT2D eigenvalue weighted by Gasteiger charge is 2.44. The topological polar surface area (TPSA) is 51.0 Å². The van der Waals surface area contributed by atoms with Crippen molar-refractivity contribution >= 4 is 10.8 Å². The molecule has 4 nitrogen and oxygen atoms in total. The predicted octanol–water partition coefficient (Wildman–Crippen LogP) is -0.204. The molecule has 3 atom stereocenters. The van der Waals surface area contributed by atoms with Gasteiger partial charge in [0.05, 0.1) is 39.3 Å². The zero-order chi connectivity index (χ0) is 14.8. The van der Waals surface area contributed by atoms with Crippen molar-refractivity contribution in [1.29, 1.82) is 0 Å². The number of methoxy groups -OCH3 is 1. The van der Waals surface area contributed by atoms with E-state index in [1.807, 2.05) is 24.3 Å². The van der Waals surface area contributed by atoms with E-state index >= 15 is 0 Å². The zero-order valence-corrected chi connectivity index (χ0v) is 13.2. The zero-order valence-electron chi connectivity index (χ0n) is 12.4. The molecule has 1 aliphatic rings. The summed E-state index contributed by atoms with van der Waals surface area (Å²) in [7, 11) is 4.92. The van der Waals surface area contributed by atoms with Crippen molar-refractivity contribution in [3.63, 3.8) is 0 Å². The Balaban J connectivity index is 2.34. The van der Waals surface area contributed by atoms with Crippen molar-refractivity contribution in [2.75, 3.05) is 39.3 Å². The second kappa shape index (κ2) is 6.24. The van der Waals surface area contributed by atoms with Gasteiger partial charge in [-0.1, -0.05) is 12.1 Å². The first-order valence-electron chi connectivity index (χ1n) is 6.96. The van der Waals surface area contributed by atoms with Gasteiger partial charge in [0, 0.05) is 22.3 Å². The van der Waals surface area contributed by atoms with Crippen LogP contribution in [0.3, 0.4) is 0 Å². The molecule has 1 aromatic rings. The van der Waals surface area contributed by atoms with Crippen LogP contribution in [0.1, 0.15) is 12.0 Å². The van der Waals surface area contributed by atoms with E-state index in [0.717, 1.165) is 17.9 Å². The lowest BCUT2D eigenvalue weighted by atomic mass is 9.79. The van der Waals surface area contributed by atoms with Crippen LogP contribution < -0.4 is 9.64 Å². The third-order valence-electron chi connectivity index (χ3n) is 4.00. The highest BCUT2D eigenvalue weighted by Crippen LogP contribution is 2.38. The fraction of sp³-hybridized carbons (Fsp3) is 0.600. The van der Waals surface area contributed by atoms with Gasteiger partial charge in [-0.15, -0.1) is 0 Å². The number of benzene rings is 1. The van der Waals surface area contributed by atoms with Crippen molar-refractivity contribution < 1.29 is 19.0 Å². The molecule has 0 aromatic heterocycles. The minimum absolute atomic E-state index is 0.00851. The molecule has 0 radical (unpaired) electrons. The Bertz CT molecular complexity index is 492. The Hall–Kier alpha value is -0.910. The normalized spacial score (nSPS) is 30.4. The van der Waals surface area contributed by atoms with Crippen LogP contribution in [0.2, 0.25) is 0 Å². The molecule has 1 fully saturated rings. The molecule has 0 spiro atoms. The molecule has 2 rings (SSSR count). The Morgan fingerprint density at radius 3 is 2.90 bits per heavy atom. The molecule has 1 aromatic carbocycles. The highest BCUT2D eigenvalue weighted by atomic mass is 32.2. The van der Waals surface area contributed by atoms with Crippen LogP contribution in [0.5, 0.6) is 5.75 Å². The molecule has 1 heterocycles. The SMILES string of the molecule is COc1cccc([C@@]2(O)CC[S@@](=O)C[C@@H]2C[NH+](C)C)c1. The first kappa shape index (κ1) is 15.5. The van der Waals surface area contributed by atoms with Gasteiger partial charge >= 0.3 is 0 Å². The molecular formula is C15H24NO3S+. The van der Waals surface area contributed by atoms with Gasteiger partial charge < -0.3 is 14.7 Å². The Morgan fingerprint density at radius 1 is 1.50 bits per heavy atom. The molecule has 2 N–H and O–H groups in total. The minimum Gasteiger partial charge on any atom is -0.497 e. The van der Waals surface area contributed by atoms with Gasteiger partial charge in [-0.25, -0.2) is 0 Å². The van der Waals surface area contributed by atoms with E-state index in [1.165, 1.54) is 4.90 Å². The molecule has 0 amide bonds. The summed E-state index contributed by atoms with van der Waals surface area (Å²) in [4.78, 5) is 1.26. The molecule has 5 heteroatoms. The average Bonchev–Trinajstić information content (AvgIpc) is 2.42. The van der Waals surface area contributed by atoms with E-state index in [-0.39, 0.29) is 5.92 Å². The fourth-order valence-electron chi connectivity index (χ4n) is 2.91. The van der Waals surface area contributed by atoms with E-state index in [1.54, 1.807) is 7.11 Å². The maximum Gasteiger partial charge on any atom is 0.119 e. The van der Waals surface area contributed by atoms with Gasteiger partial charge in [-0.05, 0) is 24.1 Å². The molecule has 0 aliphatic carbocycles. The summed E-state index contributed by atoms with van der Waals surface area (Å²) in [5, 5.41) is 11.2. The van der Waals surface area contributed by atoms with Crippen LogP contribution in [0.15, 0.2) is 24.3 Å². The van der Waals surface area contributed by atoms with Crippen molar-refractivity contribution in [1.82, 2.24) is 0 Å². The lowest BCUT2D eigenvalue weighted by molar-refractivity contribution is -0.863. The quantitative estimate of drug-likeness (QED) is 0.809. The maximum absolute atomic E-state index is 11.9. The molecule has 0 saturated carbocycles. The third kappa shape index (κ3) is 3.22. The smallest absolute Gasteiger partial charge is 0.119 e. The van der Waals surface area contributed by atoms with Gasteiger partial charge in [0.2, 0.25) is 0 Å². The molecule has 0 unspecified atom stereocenters. The lowest BCUT2D eigenvalue weighted by Crippen LogP contribution is -3.07. The Morgan fingerprint density at radius 2 is 2.25 bits per heavy atom. The minimum atomic E-state index is -0.903. The van der Waals surface area contributed by atoms with E-state index in [4.69, 9.17) is 4.74 Å². The van der Waals surface area contributed by atoms with Crippen LogP contribution in [0.4, 0.5) is 0 Å². The van der Waals surface area contributed by atoms with Crippen LogP contribution in [-0.4, -0.2) is 48.6 Å². The summed E-state index contributed by atoms with van der Waals surface area (Å²) in [6, 6.07) is 7.61. The summed E-state index contributed by atoms with van der Waals surface area (Å²) < 4.78 is 17.1. The van der Waals surface area contributed by atoms with Crippen molar-refractivity contribution in [2.45, 2.75) is 12.0 Å². The second-order valence-electron chi connectivity index (χ2n) is 5.82. The van der Waals surface area contributed by atoms with E-state index in [0.29, 0.717) is 17.9 Å². The summed E-state index contributed by atoms with van der Waals surface area (Å²) in [6.45, 7) is 0.805. The van der Waals surface area contributed by atoms with Gasteiger partial charge in [0.1, 0.15) is 5.75 Å². The number of hydrogen-bond acceptors (Lipinski definition) is 3. The fourth-order valence-corrected chi connectivity index (χ4v) is 4.46. The predicted molar refractivity (Wildman–Crippen MR) is 80.6 cm³/mol. The standard InChI is InChI=1S/C15H23NO3S/c1-16(2)10-13-11-20(18)8-7-15(13,17)12-5-4-6-14(9-12)19-3/h4-6,9,13,17H,7-8,10-11H2,1-3H3/p+1/t13-,15-,20+/m0/s1. The summed E-state index contributed by atoms with van der Waals surface area (Å²) >= 11 is 0. The number of aliphatic hydroxyl groups is 1. The lowest BCUT2D eigenvalue weighted by Gasteiger charge is -2.40. The first-order valence-corrected chi connectivity index (χ1v) is 8.45. The van der Waals surface area contributed by atoms with Gasteiger partial charge in [0.15, 0.2) is 0 Å². The van der Waals surface area contributed by atoms with E-state index < -0.39 is 16.4 Å². The molecule has 0 bridgehead atoms. The molecule has 1 saturated heterocycles. The summed E-state index contributed by atoms with van der Waals surface area (Å²) in [5.74, 6) is 1.89.